The summed E-state index contributed by atoms with van der Waals surface area (Å²) < 4.78 is 5.65. The number of rotatable bonds is 5. The van der Waals surface area contributed by atoms with Crippen molar-refractivity contribution in [2.75, 3.05) is 11.9 Å². The second-order valence-corrected chi connectivity index (χ2v) is 6.25. The lowest BCUT2D eigenvalue weighted by molar-refractivity contribution is 0.338. The molecule has 116 valence electrons. The molecule has 2 aromatic heterocycles. The fourth-order valence-corrected chi connectivity index (χ4v) is 3.20. The first-order valence-corrected chi connectivity index (χ1v) is 8.22. The molecular formula is C16H21N5O. The number of aryl methyl sites for hydroxylation is 2. The quantitative estimate of drug-likeness (QED) is 0.914. The molecule has 2 aliphatic rings. The number of fused-ring (bicyclic) bond motifs is 1. The number of nitrogens with zero attached hydrogens (tertiary/aromatic N) is 4. The van der Waals surface area contributed by atoms with E-state index in [0.29, 0.717) is 18.5 Å². The van der Waals surface area contributed by atoms with Crippen LogP contribution in [0.3, 0.4) is 0 Å². The van der Waals surface area contributed by atoms with E-state index in [4.69, 9.17) is 4.42 Å². The summed E-state index contributed by atoms with van der Waals surface area (Å²) in [5, 5.41) is 11.4. The molecule has 0 bridgehead atoms. The molecule has 0 saturated heterocycles. The number of aromatic nitrogens is 4. The van der Waals surface area contributed by atoms with Crippen LogP contribution in [-0.4, -0.2) is 26.7 Å². The van der Waals surface area contributed by atoms with Crippen LogP contribution in [0.15, 0.2) is 4.42 Å². The van der Waals surface area contributed by atoms with Crippen LogP contribution in [0.2, 0.25) is 0 Å². The van der Waals surface area contributed by atoms with Crippen LogP contribution >= 0.6 is 0 Å². The Morgan fingerprint density at radius 1 is 1.14 bits per heavy atom. The highest BCUT2D eigenvalue weighted by molar-refractivity contribution is 5.29. The van der Waals surface area contributed by atoms with Gasteiger partial charge in [0, 0.05) is 30.3 Å². The van der Waals surface area contributed by atoms with Crippen molar-refractivity contribution in [2.45, 2.75) is 57.8 Å². The van der Waals surface area contributed by atoms with Gasteiger partial charge in [0.25, 0.3) is 0 Å². The summed E-state index contributed by atoms with van der Waals surface area (Å²) in [6.45, 7) is 2.80. The van der Waals surface area contributed by atoms with Crippen LogP contribution in [0.4, 0.5) is 6.01 Å². The normalized spacial score (nSPS) is 17.3. The van der Waals surface area contributed by atoms with E-state index < -0.39 is 0 Å². The third-order valence-corrected chi connectivity index (χ3v) is 4.71. The highest BCUT2D eigenvalue weighted by Crippen LogP contribution is 2.35. The molecule has 2 heterocycles. The van der Waals surface area contributed by atoms with Gasteiger partial charge in [0.1, 0.15) is 5.82 Å². The van der Waals surface area contributed by atoms with Gasteiger partial charge in [-0.1, -0.05) is 11.5 Å². The average Bonchev–Trinajstić information content (AvgIpc) is 3.06. The summed E-state index contributed by atoms with van der Waals surface area (Å²) in [6.07, 6.45) is 7.81. The van der Waals surface area contributed by atoms with Gasteiger partial charge >= 0.3 is 6.01 Å². The second-order valence-electron chi connectivity index (χ2n) is 6.25. The van der Waals surface area contributed by atoms with E-state index in [1.165, 1.54) is 36.9 Å². The lowest BCUT2D eigenvalue weighted by atomic mass is 9.85. The maximum absolute atomic E-state index is 5.65. The van der Waals surface area contributed by atoms with E-state index in [1.807, 2.05) is 0 Å². The van der Waals surface area contributed by atoms with Crippen LogP contribution < -0.4 is 5.32 Å². The number of hydrogen-bond acceptors (Lipinski definition) is 6. The summed E-state index contributed by atoms with van der Waals surface area (Å²) in [7, 11) is 0. The Hall–Kier alpha value is -1.98. The van der Waals surface area contributed by atoms with Crippen molar-refractivity contribution in [3.8, 4) is 0 Å². The van der Waals surface area contributed by atoms with E-state index in [0.717, 1.165) is 36.7 Å². The zero-order valence-corrected chi connectivity index (χ0v) is 12.9. The van der Waals surface area contributed by atoms with Crippen molar-refractivity contribution in [1.29, 1.82) is 0 Å². The van der Waals surface area contributed by atoms with Gasteiger partial charge in [-0.15, -0.1) is 5.10 Å². The van der Waals surface area contributed by atoms with Crippen molar-refractivity contribution < 1.29 is 4.42 Å². The predicted octanol–water partition coefficient (Wildman–Crippen LogP) is 2.58. The van der Waals surface area contributed by atoms with E-state index in [2.05, 4.69) is 32.4 Å². The number of anilines is 1. The fourth-order valence-electron chi connectivity index (χ4n) is 3.20. The Kier molecular flexibility index (Phi) is 3.52. The summed E-state index contributed by atoms with van der Waals surface area (Å²) in [6, 6.07) is 0.514. The molecule has 6 heteroatoms. The predicted molar refractivity (Wildman–Crippen MR) is 81.9 cm³/mol. The summed E-state index contributed by atoms with van der Waals surface area (Å²) in [5.41, 5.74) is 3.74. The van der Waals surface area contributed by atoms with Gasteiger partial charge in [-0.05, 0) is 44.6 Å². The third-order valence-electron chi connectivity index (χ3n) is 4.71. The van der Waals surface area contributed by atoms with E-state index in [1.54, 1.807) is 0 Å². The van der Waals surface area contributed by atoms with E-state index in [-0.39, 0.29) is 0 Å². The maximum Gasteiger partial charge on any atom is 0.315 e. The summed E-state index contributed by atoms with van der Waals surface area (Å²) >= 11 is 0. The molecular weight excluding hydrogens is 278 g/mol. The molecule has 1 N–H and O–H groups in total. The zero-order chi connectivity index (χ0) is 14.9. The highest BCUT2D eigenvalue weighted by Gasteiger charge is 2.25. The molecule has 0 spiro atoms. The molecule has 0 amide bonds. The van der Waals surface area contributed by atoms with Gasteiger partial charge in [0.15, 0.2) is 0 Å². The van der Waals surface area contributed by atoms with Crippen LogP contribution in [0, 0.1) is 6.92 Å². The largest absolute Gasteiger partial charge is 0.408 e. The van der Waals surface area contributed by atoms with Crippen LogP contribution in [0.1, 0.15) is 60.3 Å². The van der Waals surface area contributed by atoms with Crippen molar-refractivity contribution in [3.63, 3.8) is 0 Å². The minimum absolute atomic E-state index is 0.478. The molecule has 2 aromatic rings. The van der Waals surface area contributed by atoms with Crippen LogP contribution in [-0.2, 0) is 19.3 Å². The molecule has 2 aliphatic carbocycles. The van der Waals surface area contributed by atoms with Gasteiger partial charge in [0.05, 0.1) is 0 Å². The topological polar surface area (TPSA) is 76.7 Å². The van der Waals surface area contributed by atoms with Crippen molar-refractivity contribution >= 4 is 6.01 Å². The standard InChI is InChI=1S/C16H21N5O/c1-10-12-6-3-7-13(12)19-14(18-10)8-9-17-16-21-20-15(22-16)11-4-2-5-11/h11H,2-9H2,1H3,(H,17,21). The van der Waals surface area contributed by atoms with Gasteiger partial charge < -0.3 is 9.73 Å². The second kappa shape index (κ2) is 5.66. The van der Waals surface area contributed by atoms with Gasteiger partial charge in [-0.2, -0.15) is 0 Å². The molecule has 22 heavy (non-hydrogen) atoms. The minimum atomic E-state index is 0.478. The molecule has 1 saturated carbocycles. The first-order valence-electron chi connectivity index (χ1n) is 8.22. The monoisotopic (exact) mass is 299 g/mol. The van der Waals surface area contributed by atoms with Crippen molar-refractivity contribution in [2.24, 2.45) is 0 Å². The molecule has 0 unspecified atom stereocenters. The van der Waals surface area contributed by atoms with Crippen molar-refractivity contribution in [1.82, 2.24) is 20.2 Å². The Morgan fingerprint density at radius 3 is 2.86 bits per heavy atom. The van der Waals surface area contributed by atoms with Gasteiger partial charge in [-0.3, -0.25) is 0 Å². The lowest BCUT2D eigenvalue weighted by Gasteiger charge is -2.20. The van der Waals surface area contributed by atoms with Crippen LogP contribution in [0.25, 0.3) is 0 Å². The molecule has 0 radical (unpaired) electrons. The van der Waals surface area contributed by atoms with Crippen molar-refractivity contribution in [3.05, 3.63) is 28.7 Å². The summed E-state index contributed by atoms with van der Waals surface area (Å²) in [5.74, 6) is 2.16. The average molecular weight is 299 g/mol. The van der Waals surface area contributed by atoms with Crippen LogP contribution in [0.5, 0.6) is 0 Å². The Bertz CT molecular complexity index is 677. The minimum Gasteiger partial charge on any atom is -0.408 e. The Labute approximate surface area is 129 Å². The first kappa shape index (κ1) is 13.7. The molecule has 0 aliphatic heterocycles. The number of nitrogens with one attached hydrogen (secondary N) is 1. The lowest BCUT2D eigenvalue weighted by Crippen LogP contribution is -2.10. The Balaban J connectivity index is 1.35. The van der Waals surface area contributed by atoms with E-state index in [9.17, 15) is 0 Å². The maximum atomic E-state index is 5.65. The zero-order valence-electron chi connectivity index (χ0n) is 12.9. The first-order chi connectivity index (χ1) is 10.8. The molecule has 1 fully saturated rings. The van der Waals surface area contributed by atoms with E-state index >= 15 is 0 Å². The smallest absolute Gasteiger partial charge is 0.315 e. The molecule has 0 aromatic carbocycles. The highest BCUT2D eigenvalue weighted by atomic mass is 16.4. The SMILES string of the molecule is Cc1nc(CCNc2nnc(C3CCC3)o2)nc2c1CCC2. The molecule has 4 rings (SSSR count). The fraction of sp³-hybridized carbons (Fsp3) is 0.625. The van der Waals surface area contributed by atoms with Gasteiger partial charge in [0.2, 0.25) is 5.89 Å². The molecule has 6 nitrogen and oxygen atoms in total. The third kappa shape index (κ3) is 2.58. The summed E-state index contributed by atoms with van der Waals surface area (Å²) in [4.78, 5) is 9.30. The Morgan fingerprint density at radius 2 is 2.05 bits per heavy atom. The van der Waals surface area contributed by atoms with Gasteiger partial charge in [-0.25, -0.2) is 9.97 Å². The number of hydrogen-bond donors (Lipinski definition) is 1. The molecule has 0 atom stereocenters.